The van der Waals surface area contributed by atoms with Crippen molar-refractivity contribution >= 4 is 11.8 Å². The number of aryl methyl sites for hydroxylation is 1. The summed E-state index contributed by atoms with van der Waals surface area (Å²) in [7, 11) is 0. The number of rotatable bonds is 7. The average Bonchev–Trinajstić information content (AvgIpc) is 3.04. The normalized spacial score (nSPS) is 10.9. The van der Waals surface area contributed by atoms with Crippen LogP contribution in [0.5, 0.6) is 17.2 Å². The Bertz CT molecular complexity index is 1000. The summed E-state index contributed by atoms with van der Waals surface area (Å²) in [6.07, 6.45) is 1.64. The van der Waals surface area contributed by atoms with E-state index in [2.05, 4.69) is 15.6 Å². The molecule has 0 bridgehead atoms. The molecule has 0 aliphatic carbocycles. The van der Waals surface area contributed by atoms with E-state index in [1.54, 1.807) is 10.7 Å². The van der Waals surface area contributed by atoms with Gasteiger partial charge in [0.1, 0.15) is 23.5 Å². The Labute approximate surface area is 158 Å². The van der Waals surface area contributed by atoms with Crippen LogP contribution in [0.3, 0.4) is 0 Å². The number of aromatic nitrogens is 3. The summed E-state index contributed by atoms with van der Waals surface area (Å²) >= 11 is 1.30. The van der Waals surface area contributed by atoms with Gasteiger partial charge in [-0.2, -0.15) is 0 Å². The smallest absolute Gasteiger partial charge is 0.226 e. The van der Waals surface area contributed by atoms with E-state index in [4.69, 9.17) is 4.42 Å². The van der Waals surface area contributed by atoms with Gasteiger partial charge in [0.2, 0.25) is 10.6 Å². The van der Waals surface area contributed by atoms with Gasteiger partial charge in [-0.05, 0) is 12.1 Å². The van der Waals surface area contributed by atoms with Crippen LogP contribution in [-0.4, -0.2) is 30.2 Å². The molecule has 0 fully saturated rings. The zero-order valence-electron chi connectivity index (χ0n) is 14.4. The maximum atomic E-state index is 11.5. The third-order valence-corrected chi connectivity index (χ3v) is 4.67. The third kappa shape index (κ3) is 4.34. The van der Waals surface area contributed by atoms with Crippen LogP contribution >= 0.6 is 11.8 Å². The molecule has 27 heavy (non-hydrogen) atoms. The third-order valence-electron chi connectivity index (χ3n) is 3.72. The first-order valence-corrected chi connectivity index (χ1v) is 9.09. The minimum absolute atomic E-state index is 0.0126. The number of thioether (sulfide) groups is 1. The lowest BCUT2D eigenvalue weighted by Gasteiger charge is -2.13. The van der Waals surface area contributed by atoms with Gasteiger partial charge >= 0.3 is 0 Å². The van der Waals surface area contributed by atoms with Crippen molar-refractivity contribution in [2.24, 2.45) is 0 Å². The Morgan fingerprint density at radius 1 is 1.19 bits per heavy atom. The summed E-state index contributed by atoms with van der Waals surface area (Å²) in [5.74, 6) is 0.948. The molecule has 0 atom stereocenters. The first-order valence-electron chi connectivity index (χ1n) is 8.10. The maximum absolute atomic E-state index is 11.5. The van der Waals surface area contributed by atoms with Crippen molar-refractivity contribution in [3.63, 3.8) is 0 Å². The van der Waals surface area contributed by atoms with Crippen LogP contribution in [-0.2, 0) is 18.7 Å². The van der Waals surface area contributed by atoms with Crippen LogP contribution in [0.2, 0.25) is 0 Å². The molecule has 0 saturated carbocycles. The Hall–Kier alpha value is -3.14. The Morgan fingerprint density at radius 3 is 2.70 bits per heavy atom. The largest absolute Gasteiger partial charge is 0.508 e. The number of nitrogens with zero attached hydrogens (tertiary/aromatic N) is 3. The molecule has 2 heterocycles. The minimum atomic E-state index is -0.506. The van der Waals surface area contributed by atoms with Gasteiger partial charge in [0.25, 0.3) is 0 Å². The monoisotopic (exact) mass is 390 g/mol. The van der Waals surface area contributed by atoms with Crippen LogP contribution < -0.4 is 10.9 Å². The zero-order valence-corrected chi connectivity index (χ0v) is 15.2. The highest BCUT2D eigenvalue weighted by molar-refractivity contribution is 7.98. The quantitative estimate of drug-likeness (QED) is 0.447. The van der Waals surface area contributed by atoms with Gasteiger partial charge in [0.05, 0.1) is 12.3 Å². The second kappa shape index (κ2) is 8.04. The molecule has 9 nitrogen and oxygen atoms in total. The first-order chi connectivity index (χ1) is 13.0. The number of phenolic OH excluding ortho intramolecular Hbond substituents is 2. The van der Waals surface area contributed by atoms with Crippen LogP contribution in [0, 0.1) is 0 Å². The molecule has 0 unspecified atom stereocenters. The molecule has 0 radical (unpaired) electrons. The average molecular weight is 390 g/mol. The standard InChI is InChI=1S/C17H18N4O5S/c1-2-16-19-20-17(27-9-12-6-14(24)15(25)8-26-12)21(16)18-7-10-3-4-11(22)5-13(10)23/h3-6,8,18,22-23,25H,2,7,9H2,1H3. The lowest BCUT2D eigenvalue weighted by molar-refractivity contribution is 0.419. The Morgan fingerprint density at radius 2 is 2.00 bits per heavy atom. The number of hydrogen-bond acceptors (Lipinski definition) is 9. The number of aromatic hydroxyl groups is 3. The summed E-state index contributed by atoms with van der Waals surface area (Å²) in [6, 6.07) is 5.61. The summed E-state index contributed by atoms with van der Waals surface area (Å²) < 4.78 is 6.89. The van der Waals surface area contributed by atoms with E-state index < -0.39 is 11.2 Å². The second-order valence-electron chi connectivity index (χ2n) is 5.62. The number of nitrogens with one attached hydrogen (secondary N) is 1. The van der Waals surface area contributed by atoms with Crippen LogP contribution in [0.1, 0.15) is 24.1 Å². The lowest BCUT2D eigenvalue weighted by atomic mass is 10.2. The van der Waals surface area contributed by atoms with E-state index in [9.17, 15) is 20.1 Å². The van der Waals surface area contributed by atoms with Crippen molar-refractivity contribution in [2.75, 3.05) is 5.43 Å². The highest BCUT2D eigenvalue weighted by Crippen LogP contribution is 2.24. The van der Waals surface area contributed by atoms with Crippen molar-refractivity contribution in [1.29, 1.82) is 0 Å². The van der Waals surface area contributed by atoms with Gasteiger partial charge in [0.15, 0.2) is 11.6 Å². The second-order valence-corrected chi connectivity index (χ2v) is 6.56. The Kier molecular flexibility index (Phi) is 5.55. The van der Waals surface area contributed by atoms with Crippen molar-refractivity contribution in [3.8, 4) is 17.2 Å². The molecule has 1 aromatic carbocycles. The van der Waals surface area contributed by atoms with Gasteiger partial charge < -0.3 is 25.2 Å². The number of phenols is 2. The summed E-state index contributed by atoms with van der Waals surface area (Å²) in [4.78, 5) is 11.5. The molecule has 4 N–H and O–H groups in total. The SMILES string of the molecule is CCc1nnc(SCc2cc(=O)c(O)co2)n1NCc1ccc(O)cc1O. The van der Waals surface area contributed by atoms with Gasteiger partial charge in [-0.1, -0.05) is 18.7 Å². The first kappa shape index (κ1) is 18.6. The highest BCUT2D eigenvalue weighted by Gasteiger charge is 2.13. The summed E-state index contributed by atoms with van der Waals surface area (Å²) in [6.45, 7) is 2.23. The fourth-order valence-corrected chi connectivity index (χ4v) is 3.12. The molecular formula is C17H18N4O5S. The molecular weight excluding hydrogens is 372 g/mol. The van der Waals surface area contributed by atoms with E-state index in [1.807, 2.05) is 6.92 Å². The van der Waals surface area contributed by atoms with E-state index in [0.717, 1.165) is 6.26 Å². The molecule has 0 amide bonds. The predicted octanol–water partition coefficient (Wildman–Crippen LogP) is 1.95. The lowest BCUT2D eigenvalue weighted by Crippen LogP contribution is -2.18. The van der Waals surface area contributed by atoms with Gasteiger partial charge in [-0.25, -0.2) is 4.68 Å². The van der Waals surface area contributed by atoms with Crippen molar-refractivity contribution in [2.45, 2.75) is 30.8 Å². The molecule has 2 aromatic heterocycles. The molecule has 10 heteroatoms. The zero-order chi connectivity index (χ0) is 19.4. The summed E-state index contributed by atoms with van der Waals surface area (Å²) in [5.41, 5.74) is 3.24. The fraction of sp³-hybridized carbons (Fsp3) is 0.235. The Balaban J connectivity index is 1.73. The van der Waals surface area contributed by atoms with Crippen molar-refractivity contribution < 1.29 is 19.7 Å². The number of benzene rings is 1. The van der Waals surface area contributed by atoms with Crippen LogP contribution in [0.25, 0.3) is 0 Å². The van der Waals surface area contributed by atoms with E-state index in [-0.39, 0.29) is 11.5 Å². The molecule has 0 spiro atoms. The van der Waals surface area contributed by atoms with E-state index in [1.165, 1.54) is 30.0 Å². The maximum Gasteiger partial charge on any atom is 0.226 e. The van der Waals surface area contributed by atoms with Crippen molar-refractivity contribution in [1.82, 2.24) is 14.9 Å². The van der Waals surface area contributed by atoms with Crippen LogP contribution in [0.4, 0.5) is 0 Å². The minimum Gasteiger partial charge on any atom is -0.508 e. The van der Waals surface area contributed by atoms with E-state index in [0.29, 0.717) is 41.0 Å². The molecule has 3 aromatic rings. The predicted molar refractivity (Wildman–Crippen MR) is 98.4 cm³/mol. The van der Waals surface area contributed by atoms with Crippen molar-refractivity contribution in [3.05, 3.63) is 57.9 Å². The van der Waals surface area contributed by atoms with E-state index >= 15 is 0 Å². The molecule has 0 aliphatic heterocycles. The van der Waals surface area contributed by atoms with Gasteiger partial charge in [-0.15, -0.1) is 10.2 Å². The molecule has 3 rings (SSSR count). The summed E-state index contributed by atoms with van der Waals surface area (Å²) in [5, 5.41) is 37.3. The molecule has 0 aliphatic rings. The molecule has 0 saturated heterocycles. The topological polar surface area (TPSA) is 134 Å². The van der Waals surface area contributed by atoms with Gasteiger partial charge in [-0.3, -0.25) is 4.79 Å². The van der Waals surface area contributed by atoms with Crippen LogP contribution in [0.15, 0.2) is 44.9 Å². The van der Waals surface area contributed by atoms with Gasteiger partial charge in [0, 0.05) is 24.1 Å². The fourth-order valence-electron chi connectivity index (χ4n) is 2.30. The highest BCUT2D eigenvalue weighted by atomic mass is 32.2. The number of hydrogen-bond donors (Lipinski definition) is 4. The molecule has 142 valence electrons.